The summed E-state index contributed by atoms with van der Waals surface area (Å²) in [7, 11) is 0. The van der Waals surface area contributed by atoms with Crippen molar-refractivity contribution in [2.45, 2.75) is 6.92 Å². The molecule has 0 aliphatic heterocycles. The molecule has 0 saturated heterocycles. The van der Waals surface area contributed by atoms with Crippen LogP contribution in [-0.4, -0.2) is 10.2 Å². The summed E-state index contributed by atoms with van der Waals surface area (Å²) >= 11 is 11.2. The largest absolute Gasteiger partial charge is 0.506 e. The summed E-state index contributed by atoms with van der Waals surface area (Å²) in [5.74, 6) is -0.322. The molecule has 0 fully saturated rings. The zero-order valence-corrected chi connectivity index (χ0v) is 7.24. The predicted molar refractivity (Wildman–Crippen MR) is 44.5 cm³/mol. The predicted octanol–water partition coefficient (Wildman–Crippen LogP) is 2.71. The van der Waals surface area contributed by atoms with E-state index in [2.05, 4.69) is 0 Å². The highest BCUT2D eigenvalue weighted by atomic mass is 35.5. The fourth-order valence-electron chi connectivity index (χ4n) is 0.737. The van der Waals surface area contributed by atoms with Gasteiger partial charge < -0.3 is 10.2 Å². The van der Waals surface area contributed by atoms with Crippen molar-refractivity contribution in [1.29, 1.82) is 0 Å². The lowest BCUT2D eigenvalue weighted by Crippen LogP contribution is -1.79. The summed E-state index contributed by atoms with van der Waals surface area (Å²) in [6, 6.07) is 1.11. The minimum Gasteiger partial charge on any atom is -0.506 e. The van der Waals surface area contributed by atoms with E-state index in [0.717, 1.165) is 6.07 Å². The molecule has 0 spiro atoms. The summed E-state index contributed by atoms with van der Waals surface area (Å²) in [5, 5.41) is 18.5. The first kappa shape index (κ1) is 8.50. The third kappa shape index (κ3) is 1.37. The molecule has 0 heterocycles. The van der Waals surface area contributed by atoms with Crippen LogP contribution in [0.1, 0.15) is 5.56 Å². The number of hydrogen-bond acceptors (Lipinski definition) is 2. The summed E-state index contributed by atoms with van der Waals surface area (Å²) in [4.78, 5) is 0. The second kappa shape index (κ2) is 2.80. The van der Waals surface area contributed by atoms with Gasteiger partial charge >= 0.3 is 0 Å². The molecule has 0 aliphatic rings. The van der Waals surface area contributed by atoms with E-state index in [4.69, 9.17) is 33.4 Å². The van der Waals surface area contributed by atoms with Crippen molar-refractivity contribution < 1.29 is 10.2 Å². The molecule has 1 aromatic carbocycles. The average molecular weight is 193 g/mol. The van der Waals surface area contributed by atoms with Crippen molar-refractivity contribution in [3.05, 3.63) is 21.7 Å². The van der Waals surface area contributed by atoms with Gasteiger partial charge in [-0.1, -0.05) is 23.2 Å². The van der Waals surface area contributed by atoms with Crippen LogP contribution in [0.15, 0.2) is 6.07 Å². The lowest BCUT2D eigenvalue weighted by molar-refractivity contribution is 0.450. The Morgan fingerprint density at radius 2 is 1.45 bits per heavy atom. The Bertz CT molecular complexity index is 271. The molecule has 0 saturated carbocycles. The Hall–Kier alpha value is -0.600. The topological polar surface area (TPSA) is 40.5 Å². The molecular weight excluding hydrogens is 187 g/mol. The molecule has 4 heteroatoms. The SMILES string of the molecule is Cc1c(Cl)c(O)cc(O)c1Cl. The van der Waals surface area contributed by atoms with Crippen molar-refractivity contribution in [1.82, 2.24) is 0 Å². The van der Waals surface area contributed by atoms with Gasteiger partial charge in [-0.25, -0.2) is 0 Å². The summed E-state index contributed by atoms with van der Waals surface area (Å²) in [5.41, 5.74) is 0.478. The van der Waals surface area contributed by atoms with Crippen molar-refractivity contribution in [3.63, 3.8) is 0 Å². The van der Waals surface area contributed by atoms with Gasteiger partial charge in [0.05, 0.1) is 10.0 Å². The van der Waals surface area contributed by atoms with Crippen LogP contribution in [0.4, 0.5) is 0 Å². The number of phenols is 2. The van der Waals surface area contributed by atoms with Gasteiger partial charge in [0.15, 0.2) is 0 Å². The lowest BCUT2D eigenvalue weighted by atomic mass is 10.2. The Morgan fingerprint density at radius 1 is 1.09 bits per heavy atom. The molecule has 2 N–H and O–H groups in total. The number of aromatic hydroxyl groups is 2. The number of halogens is 2. The minimum absolute atomic E-state index is 0.161. The van der Waals surface area contributed by atoms with Gasteiger partial charge in [-0.15, -0.1) is 0 Å². The Morgan fingerprint density at radius 3 is 1.82 bits per heavy atom. The van der Waals surface area contributed by atoms with Crippen molar-refractivity contribution in [2.75, 3.05) is 0 Å². The maximum atomic E-state index is 9.05. The zero-order chi connectivity index (χ0) is 8.59. The molecule has 0 aromatic heterocycles. The highest BCUT2D eigenvalue weighted by Crippen LogP contribution is 2.38. The first-order valence-electron chi connectivity index (χ1n) is 2.90. The van der Waals surface area contributed by atoms with Crippen LogP contribution in [-0.2, 0) is 0 Å². The number of phenolic OH excluding ortho intramolecular Hbond substituents is 2. The summed E-state index contributed by atoms with van der Waals surface area (Å²) in [6.07, 6.45) is 0. The molecule has 0 radical (unpaired) electrons. The molecule has 0 bridgehead atoms. The van der Waals surface area contributed by atoms with Crippen LogP contribution >= 0.6 is 23.2 Å². The molecule has 1 aromatic rings. The van der Waals surface area contributed by atoms with E-state index < -0.39 is 0 Å². The molecule has 0 atom stereocenters. The second-order valence-corrected chi connectivity index (χ2v) is 2.92. The van der Waals surface area contributed by atoms with Crippen molar-refractivity contribution in [2.24, 2.45) is 0 Å². The molecule has 0 unspecified atom stereocenters. The van der Waals surface area contributed by atoms with Gasteiger partial charge in [0, 0.05) is 6.07 Å². The monoisotopic (exact) mass is 192 g/mol. The van der Waals surface area contributed by atoms with Crippen LogP contribution in [0.25, 0.3) is 0 Å². The Labute approximate surface area is 74.0 Å². The van der Waals surface area contributed by atoms with Crippen molar-refractivity contribution >= 4 is 23.2 Å². The molecule has 11 heavy (non-hydrogen) atoms. The van der Waals surface area contributed by atoms with E-state index in [-0.39, 0.29) is 21.5 Å². The molecule has 1 rings (SSSR count). The minimum atomic E-state index is -0.161. The Balaban J connectivity index is 3.46. The third-order valence-electron chi connectivity index (χ3n) is 1.38. The number of benzene rings is 1. The smallest absolute Gasteiger partial charge is 0.138 e. The van der Waals surface area contributed by atoms with E-state index in [0.29, 0.717) is 5.56 Å². The first-order valence-corrected chi connectivity index (χ1v) is 3.66. The van der Waals surface area contributed by atoms with Crippen LogP contribution in [0.5, 0.6) is 11.5 Å². The van der Waals surface area contributed by atoms with Gasteiger partial charge in [-0.3, -0.25) is 0 Å². The molecule has 0 amide bonds. The fraction of sp³-hybridized carbons (Fsp3) is 0.143. The van der Waals surface area contributed by atoms with Gasteiger partial charge in [0.2, 0.25) is 0 Å². The van der Waals surface area contributed by atoms with Crippen LogP contribution in [0.3, 0.4) is 0 Å². The molecule has 2 nitrogen and oxygen atoms in total. The van der Waals surface area contributed by atoms with E-state index in [1.165, 1.54) is 0 Å². The van der Waals surface area contributed by atoms with Crippen LogP contribution < -0.4 is 0 Å². The van der Waals surface area contributed by atoms with Crippen molar-refractivity contribution in [3.8, 4) is 11.5 Å². The van der Waals surface area contributed by atoms with E-state index in [1.54, 1.807) is 6.92 Å². The van der Waals surface area contributed by atoms with Crippen LogP contribution in [0.2, 0.25) is 10.0 Å². The van der Waals surface area contributed by atoms with E-state index in [9.17, 15) is 0 Å². The van der Waals surface area contributed by atoms with Crippen LogP contribution in [0, 0.1) is 6.92 Å². The molecule has 60 valence electrons. The summed E-state index contributed by atoms with van der Waals surface area (Å²) in [6.45, 7) is 1.62. The van der Waals surface area contributed by atoms with E-state index >= 15 is 0 Å². The highest BCUT2D eigenvalue weighted by molar-refractivity contribution is 6.37. The van der Waals surface area contributed by atoms with Gasteiger partial charge in [0.25, 0.3) is 0 Å². The van der Waals surface area contributed by atoms with E-state index in [1.807, 2.05) is 0 Å². The van der Waals surface area contributed by atoms with Gasteiger partial charge in [-0.2, -0.15) is 0 Å². The maximum Gasteiger partial charge on any atom is 0.138 e. The number of hydrogen-bond donors (Lipinski definition) is 2. The van der Waals surface area contributed by atoms with Gasteiger partial charge in [0.1, 0.15) is 11.5 Å². The summed E-state index contributed by atoms with van der Waals surface area (Å²) < 4.78 is 0. The van der Waals surface area contributed by atoms with Gasteiger partial charge in [-0.05, 0) is 12.5 Å². The quantitative estimate of drug-likeness (QED) is 0.664. The maximum absolute atomic E-state index is 9.05. The zero-order valence-electron chi connectivity index (χ0n) is 5.73. The normalized spacial score (nSPS) is 10.1. The molecule has 0 aliphatic carbocycles. The Kier molecular flexibility index (Phi) is 2.16. The molecular formula is C7H6Cl2O2. The standard InChI is InChI=1S/C7H6Cl2O2/c1-3-6(8)4(10)2-5(11)7(3)9/h2,10-11H,1H3. The second-order valence-electron chi connectivity index (χ2n) is 2.17. The number of rotatable bonds is 0. The fourth-order valence-corrected chi connectivity index (χ4v) is 1.08. The average Bonchev–Trinajstić information content (AvgIpc) is 1.97. The first-order chi connectivity index (χ1) is 5.04. The highest BCUT2D eigenvalue weighted by Gasteiger charge is 2.10. The third-order valence-corrected chi connectivity index (χ3v) is 2.34. The lowest BCUT2D eigenvalue weighted by Gasteiger charge is -2.04.